The van der Waals surface area contributed by atoms with Crippen molar-refractivity contribution in [3.63, 3.8) is 0 Å². The molecule has 0 aromatic heterocycles. The van der Waals surface area contributed by atoms with Crippen molar-refractivity contribution in [3.8, 4) is 0 Å². The summed E-state index contributed by atoms with van der Waals surface area (Å²) in [6.45, 7) is 6.58. The molecule has 0 radical (unpaired) electrons. The summed E-state index contributed by atoms with van der Waals surface area (Å²) in [5.74, 6) is 0. The van der Waals surface area contributed by atoms with Crippen molar-refractivity contribution in [2.75, 3.05) is 38.1 Å². The first kappa shape index (κ1) is 15.2. The first-order chi connectivity index (χ1) is 10.2. The van der Waals surface area contributed by atoms with E-state index < -0.39 is 0 Å². The van der Waals surface area contributed by atoms with E-state index in [2.05, 4.69) is 25.9 Å². The Hall–Kier alpha value is -0.660. The Balaban J connectivity index is 1.72. The average Bonchev–Trinajstić information content (AvgIpc) is 2.97. The smallest absolute Gasteiger partial charge is 0.130 e. The summed E-state index contributed by atoms with van der Waals surface area (Å²) in [5, 5.41) is 4.43. The van der Waals surface area contributed by atoms with Gasteiger partial charge in [0, 0.05) is 19.6 Å². The number of hydrogen-bond acceptors (Lipinski definition) is 5. The Morgan fingerprint density at radius 2 is 2.19 bits per heavy atom. The molecule has 3 rings (SSSR count). The first-order valence-electron chi connectivity index (χ1n) is 6.87. The number of likely N-dealkylation sites (N-methyl/N-ethyl adjacent to an activating group) is 1. The normalized spacial score (nSPS) is 21.2. The summed E-state index contributed by atoms with van der Waals surface area (Å²) >= 11 is 13.5. The van der Waals surface area contributed by atoms with Crippen molar-refractivity contribution in [1.82, 2.24) is 4.90 Å². The molecule has 1 aromatic carbocycles. The fourth-order valence-electron chi connectivity index (χ4n) is 2.45. The highest BCUT2D eigenvalue weighted by molar-refractivity contribution is 7.58. The lowest BCUT2D eigenvalue weighted by molar-refractivity contribution is -0.0191. The second-order valence-corrected chi connectivity index (χ2v) is 6.29. The van der Waals surface area contributed by atoms with E-state index in [1.807, 2.05) is 0 Å². The number of ether oxygens (including phenoxy) is 1. The average molecular weight is 347 g/mol. The van der Waals surface area contributed by atoms with E-state index in [4.69, 9.17) is 27.9 Å². The van der Waals surface area contributed by atoms with Crippen LogP contribution in [0, 0.1) is 0 Å². The lowest BCUT2D eigenvalue weighted by Crippen LogP contribution is -2.45. The maximum Gasteiger partial charge on any atom is 0.130 e. The molecule has 0 bridgehead atoms. The third kappa shape index (κ3) is 3.24. The van der Waals surface area contributed by atoms with Gasteiger partial charge < -0.3 is 10.1 Å². The second-order valence-electron chi connectivity index (χ2n) is 4.94. The van der Waals surface area contributed by atoms with Crippen LogP contribution in [-0.2, 0) is 16.1 Å². The molecule has 1 N–H and O–H groups in total. The SMILES string of the molecule is CCN1CCOC(CNc2c(Cl)cc(Cl)c3c2N=S=N3)C1. The zero-order valence-corrected chi connectivity index (χ0v) is 13.9. The van der Waals surface area contributed by atoms with Gasteiger partial charge in [-0.05, 0) is 12.6 Å². The van der Waals surface area contributed by atoms with Crippen molar-refractivity contribution >= 4 is 51.6 Å². The maximum absolute atomic E-state index is 6.28. The topological polar surface area (TPSA) is 49.2 Å². The third-order valence-electron chi connectivity index (χ3n) is 3.62. The van der Waals surface area contributed by atoms with E-state index in [1.54, 1.807) is 6.07 Å². The fourth-order valence-corrected chi connectivity index (χ4v) is 3.63. The quantitative estimate of drug-likeness (QED) is 0.914. The molecule has 8 heteroatoms. The van der Waals surface area contributed by atoms with Crippen LogP contribution in [0.3, 0.4) is 0 Å². The molecular weight excluding hydrogens is 331 g/mol. The van der Waals surface area contributed by atoms with Crippen LogP contribution in [0.5, 0.6) is 0 Å². The van der Waals surface area contributed by atoms with Gasteiger partial charge in [-0.2, -0.15) is 8.73 Å². The van der Waals surface area contributed by atoms with Gasteiger partial charge in [0.25, 0.3) is 0 Å². The van der Waals surface area contributed by atoms with Crippen molar-refractivity contribution < 1.29 is 4.74 Å². The number of hydrogen-bond donors (Lipinski definition) is 1. The predicted octanol–water partition coefficient (Wildman–Crippen LogP) is 3.85. The highest BCUT2D eigenvalue weighted by Gasteiger charge is 2.22. The van der Waals surface area contributed by atoms with Crippen molar-refractivity contribution in [1.29, 1.82) is 0 Å². The second kappa shape index (κ2) is 6.62. The molecule has 1 fully saturated rings. The van der Waals surface area contributed by atoms with Gasteiger partial charge >= 0.3 is 0 Å². The van der Waals surface area contributed by atoms with Crippen LogP contribution < -0.4 is 5.32 Å². The fraction of sp³-hybridized carbons (Fsp3) is 0.538. The van der Waals surface area contributed by atoms with Gasteiger partial charge in [0.15, 0.2) is 0 Å². The van der Waals surface area contributed by atoms with Gasteiger partial charge in [-0.3, -0.25) is 4.90 Å². The summed E-state index contributed by atoms with van der Waals surface area (Å²) in [7, 11) is 0. The van der Waals surface area contributed by atoms with Crippen LogP contribution in [0.4, 0.5) is 17.1 Å². The molecule has 0 saturated carbocycles. The molecule has 1 aromatic rings. The maximum atomic E-state index is 6.28. The van der Waals surface area contributed by atoms with E-state index >= 15 is 0 Å². The van der Waals surface area contributed by atoms with Crippen LogP contribution in [0.25, 0.3) is 0 Å². The molecular formula is C13H16Cl2N4OS. The molecule has 0 aliphatic carbocycles. The number of fused-ring (bicyclic) bond motifs is 1. The number of halogens is 2. The zero-order chi connectivity index (χ0) is 14.8. The molecule has 21 heavy (non-hydrogen) atoms. The van der Waals surface area contributed by atoms with Gasteiger partial charge in [0.05, 0.1) is 39.8 Å². The van der Waals surface area contributed by atoms with Crippen molar-refractivity contribution in [2.45, 2.75) is 13.0 Å². The summed E-state index contributed by atoms with van der Waals surface area (Å²) in [5.41, 5.74) is 2.19. The van der Waals surface area contributed by atoms with Crippen molar-refractivity contribution in [2.24, 2.45) is 8.73 Å². The molecule has 1 saturated heterocycles. The molecule has 2 heterocycles. The standard InChI is InChI=1S/C13H16Cl2N4OS/c1-2-19-3-4-20-8(7-19)6-16-11-9(14)5-10(15)12-13(11)18-21-17-12/h5,8,16H,2-4,6-7H2,1H3. The number of anilines is 1. The Morgan fingerprint density at radius 3 is 3.00 bits per heavy atom. The van der Waals surface area contributed by atoms with E-state index in [0.717, 1.165) is 49.0 Å². The molecule has 1 atom stereocenters. The van der Waals surface area contributed by atoms with Crippen LogP contribution in [0.2, 0.25) is 10.0 Å². The van der Waals surface area contributed by atoms with Crippen LogP contribution in [0.15, 0.2) is 14.8 Å². The minimum Gasteiger partial charge on any atom is -0.379 e. The predicted molar refractivity (Wildman–Crippen MR) is 88.3 cm³/mol. The van der Waals surface area contributed by atoms with E-state index in [0.29, 0.717) is 22.3 Å². The van der Waals surface area contributed by atoms with Gasteiger partial charge in [0.2, 0.25) is 0 Å². The van der Waals surface area contributed by atoms with Gasteiger partial charge in [-0.1, -0.05) is 30.1 Å². The number of rotatable bonds is 4. The Kier molecular flexibility index (Phi) is 4.81. The lowest BCUT2D eigenvalue weighted by Gasteiger charge is -2.32. The minimum atomic E-state index is 0.145. The first-order valence-corrected chi connectivity index (χ1v) is 8.35. The van der Waals surface area contributed by atoms with Crippen LogP contribution >= 0.6 is 23.2 Å². The lowest BCUT2D eigenvalue weighted by atomic mass is 10.2. The molecule has 1 unspecified atom stereocenters. The third-order valence-corrected chi connectivity index (χ3v) is 4.74. The van der Waals surface area contributed by atoms with Gasteiger partial charge in [-0.25, -0.2) is 0 Å². The summed E-state index contributed by atoms with van der Waals surface area (Å²) in [6.07, 6.45) is 0.145. The highest BCUT2D eigenvalue weighted by atomic mass is 35.5. The molecule has 5 nitrogen and oxygen atoms in total. The van der Waals surface area contributed by atoms with Crippen LogP contribution in [0.1, 0.15) is 6.92 Å². The Morgan fingerprint density at radius 1 is 1.38 bits per heavy atom. The summed E-state index contributed by atoms with van der Waals surface area (Å²) in [4.78, 5) is 2.37. The largest absolute Gasteiger partial charge is 0.379 e. The zero-order valence-electron chi connectivity index (χ0n) is 11.6. The Bertz CT molecular complexity index is 619. The molecule has 0 amide bonds. The van der Waals surface area contributed by atoms with Gasteiger partial charge in [-0.15, -0.1) is 0 Å². The number of nitrogens with one attached hydrogen (secondary N) is 1. The Labute approximate surface area is 137 Å². The molecule has 114 valence electrons. The van der Waals surface area contributed by atoms with E-state index in [-0.39, 0.29) is 6.10 Å². The minimum absolute atomic E-state index is 0.145. The molecule has 0 spiro atoms. The summed E-state index contributed by atoms with van der Waals surface area (Å²) < 4.78 is 14.3. The van der Waals surface area contributed by atoms with Gasteiger partial charge in [0.1, 0.15) is 11.4 Å². The van der Waals surface area contributed by atoms with Crippen molar-refractivity contribution in [3.05, 3.63) is 16.1 Å². The van der Waals surface area contributed by atoms with Crippen LogP contribution in [-0.4, -0.2) is 43.8 Å². The molecule has 2 aliphatic rings. The number of morpholine rings is 1. The summed E-state index contributed by atoms with van der Waals surface area (Å²) in [6, 6.07) is 1.70. The highest BCUT2D eigenvalue weighted by Crippen LogP contribution is 2.47. The molecule has 2 aliphatic heterocycles. The van der Waals surface area contributed by atoms with E-state index in [1.165, 1.54) is 0 Å². The number of nitrogens with zero attached hydrogens (tertiary/aromatic N) is 3. The monoisotopic (exact) mass is 346 g/mol. The number of benzene rings is 1. The van der Waals surface area contributed by atoms with E-state index in [9.17, 15) is 0 Å².